The zero-order valence-corrected chi connectivity index (χ0v) is 28.9. The van der Waals surface area contributed by atoms with Crippen molar-refractivity contribution in [2.45, 2.75) is 32.9 Å². The summed E-state index contributed by atoms with van der Waals surface area (Å²) in [5, 5.41) is 12.7. The van der Waals surface area contributed by atoms with Crippen molar-refractivity contribution in [1.82, 2.24) is 29.3 Å². The number of methoxy groups -OCH3 is 1. The number of pyridine rings is 1. The number of ether oxygens (including phenoxy) is 2. The second kappa shape index (κ2) is 13.9. The maximum atomic E-state index is 12.8. The highest BCUT2D eigenvalue weighted by Crippen LogP contribution is 2.38. The minimum atomic E-state index is -0.983. The number of oxazole rings is 1. The number of esters is 1. The maximum absolute atomic E-state index is 12.8. The van der Waals surface area contributed by atoms with Crippen LogP contribution in [0, 0.1) is 24.2 Å². The van der Waals surface area contributed by atoms with Crippen LogP contribution in [0.4, 0.5) is 15.3 Å². The highest BCUT2D eigenvalue weighted by atomic mass is 35.5. The van der Waals surface area contributed by atoms with Crippen LogP contribution in [0.25, 0.3) is 33.8 Å². The zero-order chi connectivity index (χ0) is 35.8. The molecular formula is C36H33ClN8O6. The molecule has 5 aromatic rings. The first-order chi connectivity index (χ1) is 24.6. The Hall–Kier alpha value is -5.78. The molecule has 260 valence electrons. The van der Waals surface area contributed by atoms with Crippen LogP contribution in [-0.4, -0.2) is 74.2 Å². The lowest BCUT2D eigenvalue weighted by molar-refractivity contribution is -0.144. The number of aromatic nitrogens is 4. The third-order valence-electron chi connectivity index (χ3n) is 9.37. The van der Waals surface area contributed by atoms with Gasteiger partial charge in [-0.2, -0.15) is 5.26 Å². The Morgan fingerprint density at radius 1 is 1.16 bits per heavy atom. The normalized spacial score (nSPS) is 15.7. The van der Waals surface area contributed by atoms with Gasteiger partial charge >= 0.3 is 18.2 Å². The molecule has 2 aliphatic heterocycles. The molecule has 5 heterocycles. The minimum absolute atomic E-state index is 0.142. The second-order valence-electron chi connectivity index (χ2n) is 12.6. The smallest absolute Gasteiger partial charge is 0.420 e. The molecule has 3 aromatic heterocycles. The van der Waals surface area contributed by atoms with E-state index < -0.39 is 12.2 Å². The molecule has 0 spiro atoms. The third kappa shape index (κ3) is 6.61. The molecule has 1 unspecified atom stereocenters. The molecule has 2 amide bonds. The monoisotopic (exact) mass is 708 g/mol. The second-order valence-corrected chi connectivity index (χ2v) is 12.9. The Balaban J connectivity index is 1.09. The Morgan fingerprint density at radius 3 is 2.78 bits per heavy atom. The summed E-state index contributed by atoms with van der Waals surface area (Å²) < 4.78 is 18.1. The Labute approximate surface area is 297 Å². The Morgan fingerprint density at radius 2 is 1.98 bits per heavy atom. The van der Waals surface area contributed by atoms with Gasteiger partial charge in [0, 0.05) is 56.1 Å². The summed E-state index contributed by atoms with van der Waals surface area (Å²) in [6.07, 6.45) is 2.74. The summed E-state index contributed by atoms with van der Waals surface area (Å²) in [6.45, 7) is 4.39. The first-order valence-electron chi connectivity index (χ1n) is 16.3. The fourth-order valence-corrected chi connectivity index (χ4v) is 6.98. The number of halogens is 1. The van der Waals surface area contributed by atoms with Crippen molar-refractivity contribution in [3.8, 4) is 28.8 Å². The molecule has 1 N–H and O–H groups in total. The molecule has 0 saturated carbocycles. The lowest BCUT2D eigenvalue weighted by atomic mass is 9.99. The van der Waals surface area contributed by atoms with Gasteiger partial charge in [-0.3, -0.25) is 20.0 Å². The molecule has 2 aromatic carbocycles. The van der Waals surface area contributed by atoms with E-state index in [0.29, 0.717) is 65.4 Å². The fraction of sp³-hybridized carbons (Fsp3) is 0.306. The number of rotatable bonds is 6. The van der Waals surface area contributed by atoms with Crippen molar-refractivity contribution in [1.29, 1.82) is 5.26 Å². The highest BCUT2D eigenvalue weighted by Gasteiger charge is 2.30. The predicted molar refractivity (Wildman–Crippen MR) is 185 cm³/mol. The van der Waals surface area contributed by atoms with E-state index in [1.54, 1.807) is 12.4 Å². The van der Waals surface area contributed by atoms with E-state index in [-0.39, 0.29) is 29.1 Å². The number of anilines is 1. The molecule has 15 heteroatoms. The van der Waals surface area contributed by atoms with E-state index in [1.165, 1.54) is 24.3 Å². The van der Waals surface area contributed by atoms with Gasteiger partial charge in [0.15, 0.2) is 5.58 Å². The van der Waals surface area contributed by atoms with Crippen molar-refractivity contribution in [2.75, 3.05) is 32.1 Å². The zero-order valence-electron chi connectivity index (χ0n) is 28.1. The number of aryl methyl sites for hydroxylation is 1. The van der Waals surface area contributed by atoms with Gasteiger partial charge in [0.2, 0.25) is 5.89 Å². The van der Waals surface area contributed by atoms with E-state index >= 15 is 0 Å². The standard InChI is InChI=1S/C36H33ClN8O6/c1-20-24(31-30(37)26(7-10-39-31)42-35(47)51-36(48)45-12-9-29-28(18-45)40-19-43(29)2)5-4-6-25(20)33-41-27-14-21(13-23(15-38)32(27)50-33)16-44-11-8-22(17-44)34(46)49-3/h4-7,10,13-14,19,22H,8-9,11-12,16-18H2,1-3H3,(H,39,42,47). The average Bonchev–Trinajstić information content (AvgIpc) is 3.87. The van der Waals surface area contributed by atoms with Crippen LogP contribution in [0.15, 0.2) is 53.3 Å². The molecule has 51 heavy (non-hydrogen) atoms. The van der Waals surface area contributed by atoms with Crippen molar-refractivity contribution in [3.63, 3.8) is 0 Å². The minimum Gasteiger partial charge on any atom is -0.469 e. The number of nitrogens with one attached hydrogen (secondary N) is 1. The van der Waals surface area contributed by atoms with Gasteiger partial charge < -0.3 is 23.4 Å². The molecule has 0 aliphatic carbocycles. The van der Waals surface area contributed by atoms with Crippen molar-refractivity contribution in [3.05, 3.63) is 82.0 Å². The van der Waals surface area contributed by atoms with Crippen LogP contribution in [0.3, 0.4) is 0 Å². The molecule has 14 nitrogen and oxygen atoms in total. The topological polar surface area (TPSA) is 169 Å². The summed E-state index contributed by atoms with van der Waals surface area (Å²) in [6, 6.07) is 12.9. The molecule has 1 atom stereocenters. The lowest BCUT2D eigenvalue weighted by Crippen LogP contribution is -2.38. The SMILES string of the molecule is COC(=O)C1CCN(Cc2cc(C#N)c3oc(-c4cccc(-c5nccc(NC(=O)OC(=O)N6CCc7c(ncn7C)C6)c5Cl)c4C)nc3c2)C1. The molecule has 7 rings (SSSR count). The van der Waals surface area contributed by atoms with Crippen LogP contribution in [0.5, 0.6) is 0 Å². The van der Waals surface area contributed by atoms with E-state index in [0.717, 1.165) is 35.5 Å². The number of nitrogens with zero attached hydrogens (tertiary/aromatic N) is 7. The van der Waals surface area contributed by atoms with Crippen molar-refractivity contribution < 1.29 is 28.3 Å². The summed E-state index contributed by atoms with van der Waals surface area (Å²) in [5.41, 5.74) is 6.60. The number of amides is 2. The lowest BCUT2D eigenvalue weighted by Gasteiger charge is -2.25. The third-order valence-corrected chi connectivity index (χ3v) is 9.75. The van der Waals surface area contributed by atoms with Gasteiger partial charge in [-0.25, -0.2) is 19.6 Å². The van der Waals surface area contributed by atoms with Gasteiger partial charge in [0.1, 0.15) is 11.6 Å². The maximum Gasteiger partial charge on any atom is 0.420 e. The van der Waals surface area contributed by atoms with E-state index in [2.05, 4.69) is 26.3 Å². The van der Waals surface area contributed by atoms with Gasteiger partial charge in [0.05, 0.1) is 53.6 Å². The van der Waals surface area contributed by atoms with E-state index in [1.807, 2.05) is 42.8 Å². The van der Waals surface area contributed by atoms with Crippen LogP contribution in [-0.2, 0) is 40.8 Å². The molecule has 0 bridgehead atoms. The first-order valence-corrected chi connectivity index (χ1v) is 16.7. The Bertz CT molecular complexity index is 2240. The van der Waals surface area contributed by atoms with E-state index in [4.69, 9.17) is 30.5 Å². The van der Waals surface area contributed by atoms with Gasteiger partial charge in [-0.05, 0) is 55.3 Å². The number of carbonyl (C=O) groups is 3. The quantitative estimate of drug-likeness (QED) is 0.166. The number of fused-ring (bicyclic) bond motifs is 2. The number of imidazole rings is 1. The molecular weight excluding hydrogens is 676 g/mol. The summed E-state index contributed by atoms with van der Waals surface area (Å²) in [5.74, 6) is -0.0635. The molecule has 0 radical (unpaired) electrons. The molecule has 1 fully saturated rings. The summed E-state index contributed by atoms with van der Waals surface area (Å²) >= 11 is 6.78. The highest BCUT2D eigenvalue weighted by molar-refractivity contribution is 6.36. The van der Waals surface area contributed by atoms with Crippen molar-refractivity contribution >= 4 is 46.5 Å². The first kappa shape index (κ1) is 33.7. The molecule has 1 saturated heterocycles. The number of benzene rings is 2. The predicted octanol–water partition coefficient (Wildman–Crippen LogP) is 5.85. The van der Waals surface area contributed by atoms with Crippen molar-refractivity contribution in [2.24, 2.45) is 13.0 Å². The Kier molecular flexibility index (Phi) is 9.15. The fourth-order valence-electron chi connectivity index (χ4n) is 6.72. The largest absolute Gasteiger partial charge is 0.469 e. The van der Waals surface area contributed by atoms with E-state index in [9.17, 15) is 19.6 Å². The molecule has 2 aliphatic rings. The number of carbonyl (C=O) groups excluding carboxylic acids is 3. The van der Waals surface area contributed by atoms with Crippen LogP contribution >= 0.6 is 11.6 Å². The number of hydrogen-bond donors (Lipinski definition) is 1. The average molecular weight is 709 g/mol. The van der Waals surface area contributed by atoms with Gasteiger partial charge in [0.25, 0.3) is 0 Å². The number of hydrogen-bond acceptors (Lipinski definition) is 11. The summed E-state index contributed by atoms with van der Waals surface area (Å²) in [4.78, 5) is 54.7. The number of nitriles is 1. The van der Waals surface area contributed by atoms with Gasteiger partial charge in [-0.15, -0.1) is 0 Å². The van der Waals surface area contributed by atoms with Crippen LogP contribution in [0.1, 0.15) is 34.5 Å². The summed E-state index contributed by atoms with van der Waals surface area (Å²) in [7, 11) is 3.30. The van der Waals surface area contributed by atoms with Crippen LogP contribution in [0.2, 0.25) is 5.02 Å². The van der Waals surface area contributed by atoms with Gasteiger partial charge in [-0.1, -0.05) is 23.7 Å². The van der Waals surface area contributed by atoms with Crippen LogP contribution < -0.4 is 5.32 Å². The number of likely N-dealkylation sites (tertiary alicyclic amines) is 1.